The number of likely N-dealkylation sites (tertiary alicyclic amines) is 1. The topological polar surface area (TPSA) is 49.4 Å². The van der Waals surface area contributed by atoms with E-state index in [1.807, 2.05) is 19.1 Å². The van der Waals surface area contributed by atoms with Gasteiger partial charge in [-0.25, -0.2) is 0 Å². The third kappa shape index (κ3) is 3.61. The summed E-state index contributed by atoms with van der Waals surface area (Å²) in [4.78, 5) is 27.4. The first kappa shape index (κ1) is 14.6. The molecule has 106 valence electrons. The van der Waals surface area contributed by atoms with E-state index in [0.29, 0.717) is 6.54 Å². The minimum atomic E-state index is -0.154. The number of carbonyl (C=O) groups excluding carboxylic acids is 2. The van der Waals surface area contributed by atoms with E-state index in [4.69, 9.17) is 0 Å². The van der Waals surface area contributed by atoms with Crippen molar-refractivity contribution in [1.82, 2.24) is 10.2 Å². The number of amides is 2. The Morgan fingerprint density at radius 2 is 2.25 bits per heavy atom. The summed E-state index contributed by atoms with van der Waals surface area (Å²) in [6.45, 7) is 4.90. The first-order valence-electron chi connectivity index (χ1n) is 6.69. The minimum Gasteiger partial charge on any atom is -0.347 e. The van der Waals surface area contributed by atoms with Gasteiger partial charge in [-0.05, 0) is 44.7 Å². The van der Waals surface area contributed by atoms with Gasteiger partial charge in [0, 0.05) is 24.0 Å². The second-order valence-corrected chi connectivity index (χ2v) is 6.14. The zero-order valence-corrected chi connectivity index (χ0v) is 12.5. The molecule has 1 unspecified atom stereocenters. The van der Waals surface area contributed by atoms with Crippen molar-refractivity contribution in [3.63, 3.8) is 0 Å². The number of nitrogens with one attached hydrogen (secondary N) is 1. The Balaban J connectivity index is 1.94. The lowest BCUT2D eigenvalue weighted by Gasteiger charge is -2.31. The second-order valence-electron chi connectivity index (χ2n) is 4.85. The van der Waals surface area contributed by atoms with Crippen molar-refractivity contribution in [1.29, 1.82) is 0 Å². The number of rotatable bonds is 2. The van der Waals surface area contributed by atoms with Crippen LogP contribution < -0.4 is 5.32 Å². The Hall–Kier alpha value is -1.80. The smallest absolute Gasteiger partial charge is 0.298 e. The Kier molecular flexibility index (Phi) is 4.80. The van der Waals surface area contributed by atoms with Gasteiger partial charge in [-0.3, -0.25) is 9.59 Å². The van der Waals surface area contributed by atoms with Gasteiger partial charge in [0.05, 0.1) is 4.88 Å². The molecule has 1 N–H and O–H groups in total. The molecule has 1 fully saturated rings. The van der Waals surface area contributed by atoms with E-state index in [0.717, 1.165) is 29.1 Å². The van der Waals surface area contributed by atoms with Crippen molar-refractivity contribution in [2.75, 3.05) is 13.1 Å². The highest BCUT2D eigenvalue weighted by Crippen LogP contribution is 2.16. The molecular weight excluding hydrogens is 272 g/mol. The van der Waals surface area contributed by atoms with Crippen molar-refractivity contribution >= 4 is 23.2 Å². The molecule has 0 aromatic carbocycles. The Morgan fingerprint density at radius 1 is 1.45 bits per heavy atom. The van der Waals surface area contributed by atoms with Crippen LogP contribution in [0, 0.1) is 18.8 Å². The number of carbonyl (C=O) groups is 2. The fourth-order valence-corrected chi connectivity index (χ4v) is 3.05. The molecule has 4 nitrogen and oxygen atoms in total. The van der Waals surface area contributed by atoms with Crippen LogP contribution in [0.15, 0.2) is 12.1 Å². The number of thiophene rings is 1. The zero-order chi connectivity index (χ0) is 14.5. The van der Waals surface area contributed by atoms with Crippen molar-refractivity contribution in [2.45, 2.75) is 32.7 Å². The monoisotopic (exact) mass is 290 g/mol. The quantitative estimate of drug-likeness (QED) is 0.844. The van der Waals surface area contributed by atoms with E-state index < -0.39 is 0 Å². The summed E-state index contributed by atoms with van der Waals surface area (Å²) in [5.74, 6) is 4.97. The Morgan fingerprint density at radius 3 is 2.90 bits per heavy atom. The first-order chi connectivity index (χ1) is 9.60. The number of nitrogens with zero attached hydrogens (tertiary/aromatic N) is 1. The first-order valence-corrected chi connectivity index (χ1v) is 7.50. The van der Waals surface area contributed by atoms with Crippen molar-refractivity contribution in [2.24, 2.45) is 0 Å². The second kappa shape index (κ2) is 6.58. The number of hydrogen-bond donors (Lipinski definition) is 1. The van der Waals surface area contributed by atoms with Crippen LogP contribution in [0.5, 0.6) is 0 Å². The number of hydrogen-bond acceptors (Lipinski definition) is 3. The van der Waals surface area contributed by atoms with E-state index >= 15 is 0 Å². The summed E-state index contributed by atoms with van der Waals surface area (Å²) in [5, 5.41) is 3.00. The summed E-state index contributed by atoms with van der Waals surface area (Å²) >= 11 is 1.48. The van der Waals surface area contributed by atoms with E-state index in [-0.39, 0.29) is 17.9 Å². The normalized spacial score (nSPS) is 18.1. The largest absolute Gasteiger partial charge is 0.347 e. The summed E-state index contributed by atoms with van der Waals surface area (Å²) in [7, 11) is 0. The predicted octanol–water partition coefficient (Wildman–Crippen LogP) is 1.80. The fraction of sp³-hybridized carbons (Fsp3) is 0.467. The third-order valence-corrected chi connectivity index (χ3v) is 4.24. The standard InChI is InChI=1S/C15H18N2O2S/c1-3-5-14(18)17-9-4-6-12(10-17)16-15(19)13-8-7-11(2)20-13/h7-8,12H,4,6,9-10H2,1-2H3,(H,16,19). The molecule has 1 aliphatic heterocycles. The zero-order valence-electron chi connectivity index (χ0n) is 11.7. The molecule has 1 aromatic heterocycles. The van der Waals surface area contributed by atoms with Crippen LogP contribution in [0.4, 0.5) is 0 Å². The minimum absolute atomic E-state index is 0.0151. The molecule has 0 aliphatic carbocycles. The van der Waals surface area contributed by atoms with Gasteiger partial charge < -0.3 is 10.2 Å². The SMILES string of the molecule is CC#CC(=O)N1CCCC(NC(=O)c2ccc(C)s2)C1. The molecule has 1 aromatic rings. The van der Waals surface area contributed by atoms with Crippen LogP contribution in [0.1, 0.15) is 34.3 Å². The molecular formula is C15H18N2O2S. The Bertz CT molecular complexity index is 568. The average molecular weight is 290 g/mol. The highest BCUT2D eigenvalue weighted by molar-refractivity contribution is 7.13. The maximum Gasteiger partial charge on any atom is 0.298 e. The van der Waals surface area contributed by atoms with Crippen LogP contribution in [0.2, 0.25) is 0 Å². The van der Waals surface area contributed by atoms with Gasteiger partial charge in [0.2, 0.25) is 0 Å². The third-order valence-electron chi connectivity index (χ3n) is 3.24. The van der Waals surface area contributed by atoms with Crippen LogP contribution in [0.3, 0.4) is 0 Å². The van der Waals surface area contributed by atoms with Crippen LogP contribution in [-0.4, -0.2) is 35.8 Å². The van der Waals surface area contributed by atoms with E-state index in [1.165, 1.54) is 11.3 Å². The van der Waals surface area contributed by atoms with Gasteiger partial charge in [0.15, 0.2) is 0 Å². The van der Waals surface area contributed by atoms with Gasteiger partial charge in [-0.2, -0.15) is 0 Å². The molecule has 2 heterocycles. The van der Waals surface area contributed by atoms with Gasteiger partial charge in [0.1, 0.15) is 0 Å². The van der Waals surface area contributed by atoms with E-state index in [9.17, 15) is 9.59 Å². The van der Waals surface area contributed by atoms with Crippen LogP contribution in [0.25, 0.3) is 0 Å². The molecule has 2 amide bonds. The lowest BCUT2D eigenvalue weighted by atomic mass is 10.1. The Labute approximate surface area is 123 Å². The van der Waals surface area contributed by atoms with E-state index in [2.05, 4.69) is 17.2 Å². The predicted molar refractivity (Wildman–Crippen MR) is 79.6 cm³/mol. The number of aryl methyl sites for hydroxylation is 1. The van der Waals surface area contributed by atoms with Gasteiger partial charge in [-0.1, -0.05) is 5.92 Å². The lowest BCUT2D eigenvalue weighted by molar-refractivity contribution is -0.126. The highest BCUT2D eigenvalue weighted by atomic mass is 32.1. The average Bonchev–Trinajstić information content (AvgIpc) is 2.86. The molecule has 1 saturated heterocycles. The molecule has 0 bridgehead atoms. The van der Waals surface area contributed by atoms with Crippen molar-refractivity contribution < 1.29 is 9.59 Å². The van der Waals surface area contributed by atoms with Gasteiger partial charge >= 0.3 is 0 Å². The molecule has 2 rings (SSSR count). The molecule has 0 radical (unpaired) electrons. The maximum atomic E-state index is 12.1. The highest BCUT2D eigenvalue weighted by Gasteiger charge is 2.24. The van der Waals surface area contributed by atoms with Gasteiger partial charge in [-0.15, -0.1) is 11.3 Å². The molecule has 1 aliphatic rings. The number of piperidine rings is 1. The van der Waals surface area contributed by atoms with Crippen molar-refractivity contribution in [3.05, 3.63) is 21.9 Å². The summed E-state index contributed by atoms with van der Waals surface area (Å²) < 4.78 is 0. The van der Waals surface area contributed by atoms with Gasteiger partial charge in [0.25, 0.3) is 11.8 Å². The van der Waals surface area contributed by atoms with Crippen molar-refractivity contribution in [3.8, 4) is 11.8 Å². The summed E-state index contributed by atoms with van der Waals surface area (Å²) in [6.07, 6.45) is 1.80. The van der Waals surface area contributed by atoms with Crippen LogP contribution in [-0.2, 0) is 4.79 Å². The summed E-state index contributed by atoms with van der Waals surface area (Å²) in [6, 6.07) is 3.79. The van der Waals surface area contributed by atoms with Crippen LogP contribution >= 0.6 is 11.3 Å². The van der Waals surface area contributed by atoms with E-state index in [1.54, 1.807) is 11.8 Å². The fourth-order valence-electron chi connectivity index (χ4n) is 2.28. The lowest BCUT2D eigenvalue weighted by Crippen LogP contribution is -2.49. The molecule has 0 spiro atoms. The molecule has 5 heteroatoms. The molecule has 20 heavy (non-hydrogen) atoms. The summed E-state index contributed by atoms with van der Waals surface area (Å²) in [5.41, 5.74) is 0. The molecule has 1 atom stereocenters. The molecule has 0 saturated carbocycles. The maximum absolute atomic E-state index is 12.1.